The predicted molar refractivity (Wildman–Crippen MR) is 79.2 cm³/mol. The Bertz CT molecular complexity index is 626. The molecule has 20 heavy (non-hydrogen) atoms. The average molecular weight is 293 g/mol. The molecule has 2 rings (SSSR count). The number of nitrogens with zero attached hydrogens (tertiary/aromatic N) is 3. The minimum Gasteiger partial charge on any atom is -0.368 e. The zero-order valence-corrected chi connectivity index (χ0v) is 12.7. The van der Waals surface area contributed by atoms with Crippen molar-refractivity contribution in [1.29, 1.82) is 5.26 Å². The molecule has 0 bridgehead atoms. The van der Waals surface area contributed by atoms with Crippen molar-refractivity contribution in [2.45, 2.75) is 13.3 Å². The maximum absolute atomic E-state index is 11.5. The molecule has 0 unspecified atom stereocenters. The van der Waals surface area contributed by atoms with Gasteiger partial charge in [-0.2, -0.15) is 9.57 Å². The number of sulfonamides is 1. The SMILES string of the molecule is CCc1ccc(N2CCN(S(C)(=O)=O)CC2)c(C#N)c1. The molecule has 0 atom stereocenters. The monoisotopic (exact) mass is 293 g/mol. The molecule has 5 nitrogen and oxygen atoms in total. The van der Waals surface area contributed by atoms with Crippen LogP contribution in [-0.4, -0.2) is 45.2 Å². The Hall–Kier alpha value is -1.58. The molecule has 1 aromatic carbocycles. The van der Waals surface area contributed by atoms with E-state index in [-0.39, 0.29) is 0 Å². The van der Waals surface area contributed by atoms with Gasteiger partial charge in [0.1, 0.15) is 6.07 Å². The number of hydrogen-bond donors (Lipinski definition) is 0. The van der Waals surface area contributed by atoms with Gasteiger partial charge in [-0.3, -0.25) is 0 Å². The number of aryl methyl sites for hydroxylation is 1. The Morgan fingerprint density at radius 3 is 2.40 bits per heavy atom. The van der Waals surface area contributed by atoms with Gasteiger partial charge in [0.25, 0.3) is 0 Å². The van der Waals surface area contributed by atoms with Crippen molar-refractivity contribution in [3.8, 4) is 6.07 Å². The van der Waals surface area contributed by atoms with E-state index in [1.165, 1.54) is 10.6 Å². The fourth-order valence-corrected chi connectivity index (χ4v) is 3.26. The Labute approximate surface area is 120 Å². The highest BCUT2D eigenvalue weighted by Gasteiger charge is 2.24. The Morgan fingerprint density at radius 2 is 1.90 bits per heavy atom. The summed E-state index contributed by atoms with van der Waals surface area (Å²) in [6, 6.07) is 8.14. The summed E-state index contributed by atoms with van der Waals surface area (Å²) < 4.78 is 24.5. The van der Waals surface area contributed by atoms with Gasteiger partial charge in [-0.05, 0) is 24.1 Å². The number of piperazine rings is 1. The fourth-order valence-electron chi connectivity index (χ4n) is 2.43. The van der Waals surface area contributed by atoms with Gasteiger partial charge < -0.3 is 4.90 Å². The number of rotatable bonds is 3. The summed E-state index contributed by atoms with van der Waals surface area (Å²) in [6.45, 7) is 4.24. The molecular weight excluding hydrogens is 274 g/mol. The van der Waals surface area contributed by atoms with Crippen LogP contribution in [-0.2, 0) is 16.4 Å². The van der Waals surface area contributed by atoms with Gasteiger partial charge in [-0.25, -0.2) is 8.42 Å². The molecule has 0 radical (unpaired) electrons. The van der Waals surface area contributed by atoms with E-state index < -0.39 is 10.0 Å². The highest BCUT2D eigenvalue weighted by molar-refractivity contribution is 7.88. The van der Waals surface area contributed by atoms with Crippen LogP contribution in [0.5, 0.6) is 0 Å². The second-order valence-corrected chi connectivity index (χ2v) is 6.95. The van der Waals surface area contributed by atoms with Crippen LogP contribution in [0.3, 0.4) is 0 Å². The smallest absolute Gasteiger partial charge is 0.211 e. The highest BCUT2D eigenvalue weighted by atomic mass is 32.2. The van der Waals surface area contributed by atoms with Crippen molar-refractivity contribution in [3.05, 3.63) is 29.3 Å². The van der Waals surface area contributed by atoms with Crippen LogP contribution in [0.15, 0.2) is 18.2 Å². The van der Waals surface area contributed by atoms with E-state index in [1.54, 1.807) is 0 Å². The largest absolute Gasteiger partial charge is 0.368 e. The van der Waals surface area contributed by atoms with Crippen molar-refractivity contribution in [3.63, 3.8) is 0 Å². The molecule has 1 fully saturated rings. The van der Waals surface area contributed by atoms with E-state index >= 15 is 0 Å². The van der Waals surface area contributed by atoms with Gasteiger partial charge in [-0.15, -0.1) is 0 Å². The summed E-state index contributed by atoms with van der Waals surface area (Å²) in [4.78, 5) is 2.08. The molecule has 0 aromatic heterocycles. The molecule has 1 saturated heterocycles. The molecule has 1 aliphatic rings. The van der Waals surface area contributed by atoms with Crippen molar-refractivity contribution < 1.29 is 8.42 Å². The van der Waals surface area contributed by atoms with E-state index in [1.807, 2.05) is 18.2 Å². The van der Waals surface area contributed by atoms with Crippen LogP contribution in [0.2, 0.25) is 0 Å². The highest BCUT2D eigenvalue weighted by Crippen LogP contribution is 2.23. The number of hydrogen-bond acceptors (Lipinski definition) is 4. The molecule has 0 N–H and O–H groups in total. The molecule has 108 valence electrons. The van der Waals surface area contributed by atoms with Crippen LogP contribution < -0.4 is 4.90 Å². The van der Waals surface area contributed by atoms with E-state index in [0.29, 0.717) is 31.7 Å². The lowest BCUT2D eigenvalue weighted by atomic mass is 10.1. The molecule has 0 aliphatic carbocycles. The quantitative estimate of drug-likeness (QED) is 0.840. The van der Waals surface area contributed by atoms with Crippen LogP contribution in [0.4, 0.5) is 5.69 Å². The van der Waals surface area contributed by atoms with E-state index in [2.05, 4.69) is 17.9 Å². The van der Waals surface area contributed by atoms with Crippen molar-refractivity contribution >= 4 is 15.7 Å². The van der Waals surface area contributed by atoms with Gasteiger partial charge in [0, 0.05) is 26.2 Å². The van der Waals surface area contributed by atoms with Gasteiger partial charge >= 0.3 is 0 Å². The first-order valence-corrected chi connectivity index (χ1v) is 8.53. The summed E-state index contributed by atoms with van der Waals surface area (Å²) in [5.41, 5.74) is 2.70. The third-order valence-electron chi connectivity index (χ3n) is 3.64. The minimum atomic E-state index is -3.12. The van der Waals surface area contributed by atoms with Crippen LogP contribution >= 0.6 is 0 Å². The fraction of sp³-hybridized carbons (Fsp3) is 0.500. The van der Waals surface area contributed by atoms with Crippen LogP contribution in [0.25, 0.3) is 0 Å². The number of nitriles is 1. The van der Waals surface area contributed by atoms with Gasteiger partial charge in [0.15, 0.2) is 0 Å². The summed E-state index contributed by atoms with van der Waals surface area (Å²) in [5, 5.41) is 9.27. The Morgan fingerprint density at radius 1 is 1.25 bits per heavy atom. The standard InChI is InChI=1S/C14H19N3O2S/c1-3-12-4-5-14(13(10-12)11-15)16-6-8-17(9-7-16)20(2,18)19/h4-5,10H,3,6-9H2,1-2H3. The van der Waals surface area contributed by atoms with Crippen LogP contribution in [0, 0.1) is 11.3 Å². The van der Waals surface area contributed by atoms with Crippen molar-refractivity contribution in [2.75, 3.05) is 37.3 Å². The second kappa shape index (κ2) is 5.81. The summed E-state index contributed by atoms with van der Waals surface area (Å²) >= 11 is 0. The summed E-state index contributed by atoms with van der Waals surface area (Å²) in [5.74, 6) is 0. The zero-order chi connectivity index (χ0) is 14.8. The third-order valence-corrected chi connectivity index (χ3v) is 4.94. The Balaban J connectivity index is 2.17. The summed E-state index contributed by atoms with van der Waals surface area (Å²) in [6.07, 6.45) is 2.14. The normalized spacial score (nSPS) is 16.9. The lowest BCUT2D eigenvalue weighted by Gasteiger charge is -2.35. The van der Waals surface area contributed by atoms with E-state index in [4.69, 9.17) is 0 Å². The number of benzene rings is 1. The molecule has 0 saturated carbocycles. The number of anilines is 1. The molecule has 1 aliphatic heterocycles. The molecule has 0 spiro atoms. The van der Waals surface area contributed by atoms with Gasteiger partial charge in [-0.1, -0.05) is 13.0 Å². The third kappa shape index (κ3) is 3.11. The lowest BCUT2D eigenvalue weighted by molar-refractivity contribution is 0.388. The molecule has 6 heteroatoms. The second-order valence-electron chi connectivity index (χ2n) is 4.97. The van der Waals surface area contributed by atoms with Gasteiger partial charge in [0.05, 0.1) is 17.5 Å². The first-order valence-electron chi connectivity index (χ1n) is 6.68. The molecule has 0 amide bonds. The Kier molecular flexibility index (Phi) is 4.31. The summed E-state index contributed by atoms with van der Waals surface area (Å²) in [7, 11) is -3.12. The van der Waals surface area contributed by atoms with Crippen molar-refractivity contribution in [2.24, 2.45) is 0 Å². The first-order chi connectivity index (χ1) is 9.45. The minimum absolute atomic E-state index is 0.471. The molecule has 1 aromatic rings. The molecular formula is C14H19N3O2S. The van der Waals surface area contributed by atoms with E-state index in [0.717, 1.165) is 17.7 Å². The maximum atomic E-state index is 11.5. The van der Waals surface area contributed by atoms with E-state index in [9.17, 15) is 13.7 Å². The predicted octanol–water partition coefficient (Wildman–Crippen LogP) is 1.20. The first kappa shape index (κ1) is 14.8. The van der Waals surface area contributed by atoms with Gasteiger partial charge in [0.2, 0.25) is 10.0 Å². The van der Waals surface area contributed by atoms with Crippen molar-refractivity contribution in [1.82, 2.24) is 4.31 Å². The lowest BCUT2D eigenvalue weighted by Crippen LogP contribution is -2.48. The zero-order valence-electron chi connectivity index (χ0n) is 11.8. The maximum Gasteiger partial charge on any atom is 0.211 e. The molecule has 1 heterocycles. The van der Waals surface area contributed by atoms with Crippen LogP contribution in [0.1, 0.15) is 18.1 Å². The average Bonchev–Trinajstić information content (AvgIpc) is 2.45. The topological polar surface area (TPSA) is 64.4 Å².